The molecule has 23 heavy (non-hydrogen) atoms. The highest BCUT2D eigenvalue weighted by Gasteiger charge is 2.25. The number of aromatic nitrogens is 5. The average Bonchev–Trinajstić information content (AvgIpc) is 2.98. The van der Waals surface area contributed by atoms with Crippen molar-refractivity contribution in [3.8, 4) is 0 Å². The van der Waals surface area contributed by atoms with E-state index in [2.05, 4.69) is 31.1 Å². The summed E-state index contributed by atoms with van der Waals surface area (Å²) in [6.07, 6.45) is 4.49. The summed E-state index contributed by atoms with van der Waals surface area (Å²) < 4.78 is 1.39. The van der Waals surface area contributed by atoms with Crippen LogP contribution in [-0.2, 0) is 16.1 Å². The number of hydrogen-bond acceptors (Lipinski definition) is 5. The lowest BCUT2D eigenvalue weighted by Gasteiger charge is -2.23. The maximum atomic E-state index is 12.1. The van der Waals surface area contributed by atoms with Crippen molar-refractivity contribution in [1.82, 2.24) is 25.2 Å². The molecule has 2 amide bonds. The largest absolute Gasteiger partial charge is 0.321 e. The lowest BCUT2D eigenvalue weighted by Crippen LogP contribution is -2.28. The maximum absolute atomic E-state index is 12.1. The van der Waals surface area contributed by atoms with Crippen molar-refractivity contribution in [2.45, 2.75) is 39.7 Å². The van der Waals surface area contributed by atoms with E-state index in [0.29, 0.717) is 11.5 Å². The van der Waals surface area contributed by atoms with Gasteiger partial charge in [-0.2, -0.15) is 5.10 Å². The molecular formula is C14H19N7O2. The maximum Gasteiger partial charge on any atom is 0.246 e. The number of H-pyrrole nitrogens is 1. The van der Waals surface area contributed by atoms with Gasteiger partial charge in [0.15, 0.2) is 5.82 Å². The average molecular weight is 317 g/mol. The molecule has 0 unspecified atom stereocenters. The van der Waals surface area contributed by atoms with Gasteiger partial charge in [0.05, 0.1) is 23.3 Å². The predicted octanol–water partition coefficient (Wildman–Crippen LogP) is 0.995. The molecule has 0 aliphatic heterocycles. The molecule has 0 atom stereocenters. The first-order chi connectivity index (χ1) is 11.0. The van der Waals surface area contributed by atoms with Gasteiger partial charge in [-0.3, -0.25) is 14.7 Å². The van der Waals surface area contributed by atoms with Crippen molar-refractivity contribution in [3.63, 3.8) is 0 Å². The number of carbonyl (C=O) groups excluding carboxylic acids is 2. The Morgan fingerprint density at radius 2 is 2.13 bits per heavy atom. The van der Waals surface area contributed by atoms with Crippen LogP contribution in [0, 0.1) is 19.8 Å². The first-order valence-corrected chi connectivity index (χ1v) is 7.55. The quantitative estimate of drug-likeness (QED) is 0.760. The zero-order chi connectivity index (χ0) is 16.4. The zero-order valence-electron chi connectivity index (χ0n) is 13.1. The fourth-order valence-electron chi connectivity index (χ4n) is 2.39. The number of nitrogens with zero attached hydrogens (tertiary/aromatic N) is 4. The van der Waals surface area contributed by atoms with E-state index < -0.39 is 0 Å². The van der Waals surface area contributed by atoms with E-state index in [0.717, 1.165) is 30.7 Å². The molecule has 122 valence electrons. The summed E-state index contributed by atoms with van der Waals surface area (Å²) in [6, 6.07) is 0. The van der Waals surface area contributed by atoms with Crippen LogP contribution in [0.25, 0.3) is 0 Å². The van der Waals surface area contributed by atoms with Crippen LogP contribution >= 0.6 is 0 Å². The lowest BCUT2D eigenvalue weighted by atomic mass is 9.85. The van der Waals surface area contributed by atoms with Crippen LogP contribution < -0.4 is 10.6 Å². The topological polar surface area (TPSA) is 118 Å². The van der Waals surface area contributed by atoms with E-state index in [1.165, 1.54) is 4.68 Å². The summed E-state index contributed by atoms with van der Waals surface area (Å²) in [5.41, 5.74) is 2.19. The number of rotatable bonds is 5. The highest BCUT2D eigenvalue weighted by molar-refractivity contribution is 5.92. The molecule has 0 bridgehead atoms. The van der Waals surface area contributed by atoms with E-state index in [-0.39, 0.29) is 24.3 Å². The summed E-state index contributed by atoms with van der Waals surface area (Å²) in [4.78, 5) is 23.9. The van der Waals surface area contributed by atoms with Crippen LogP contribution in [0.15, 0.2) is 6.20 Å². The van der Waals surface area contributed by atoms with Crippen molar-refractivity contribution in [2.24, 2.45) is 5.92 Å². The summed E-state index contributed by atoms with van der Waals surface area (Å²) in [5.74, 6) is 0.178. The molecule has 1 aliphatic rings. The second kappa shape index (κ2) is 6.19. The smallest absolute Gasteiger partial charge is 0.246 e. The number of aromatic amines is 1. The summed E-state index contributed by atoms with van der Waals surface area (Å²) in [7, 11) is 0. The van der Waals surface area contributed by atoms with Crippen LogP contribution in [0.3, 0.4) is 0 Å². The molecule has 0 saturated heterocycles. The van der Waals surface area contributed by atoms with Gasteiger partial charge in [-0.05, 0) is 26.7 Å². The highest BCUT2D eigenvalue weighted by atomic mass is 16.2. The van der Waals surface area contributed by atoms with Gasteiger partial charge >= 0.3 is 0 Å². The Labute approximate surface area is 132 Å². The number of carbonyl (C=O) groups is 2. The molecule has 3 rings (SSSR count). The SMILES string of the molecule is Cc1n[nH]c(C)c1NC(=O)Cn1cc(NC(=O)C2CCC2)nn1. The Bertz CT molecular complexity index is 710. The third-order valence-corrected chi connectivity index (χ3v) is 3.96. The molecule has 3 N–H and O–H groups in total. The fraction of sp³-hybridized carbons (Fsp3) is 0.500. The first-order valence-electron chi connectivity index (χ1n) is 7.55. The molecule has 1 fully saturated rings. The molecule has 2 aromatic rings. The van der Waals surface area contributed by atoms with E-state index in [1.807, 2.05) is 13.8 Å². The van der Waals surface area contributed by atoms with E-state index in [4.69, 9.17) is 0 Å². The second-order valence-corrected chi connectivity index (χ2v) is 5.78. The zero-order valence-corrected chi connectivity index (χ0v) is 13.1. The van der Waals surface area contributed by atoms with Gasteiger partial charge < -0.3 is 10.6 Å². The molecule has 2 heterocycles. The van der Waals surface area contributed by atoms with Gasteiger partial charge in [0, 0.05) is 5.92 Å². The molecule has 1 saturated carbocycles. The van der Waals surface area contributed by atoms with Crippen LogP contribution in [-0.4, -0.2) is 37.0 Å². The fourth-order valence-corrected chi connectivity index (χ4v) is 2.39. The van der Waals surface area contributed by atoms with Crippen LogP contribution in [0.1, 0.15) is 30.7 Å². The standard InChI is InChI=1S/C14H19N7O2/c1-8-13(9(2)18-17-8)16-12(22)7-21-6-11(19-20-21)15-14(23)10-4-3-5-10/h6,10H,3-5,7H2,1-2H3,(H,15,23)(H,16,22)(H,17,18). The Balaban J connectivity index is 1.56. The molecule has 2 aromatic heterocycles. The highest BCUT2D eigenvalue weighted by Crippen LogP contribution is 2.27. The molecule has 0 aromatic carbocycles. The van der Waals surface area contributed by atoms with Gasteiger partial charge in [0.25, 0.3) is 0 Å². The number of aryl methyl sites for hydroxylation is 2. The Morgan fingerprint density at radius 3 is 2.74 bits per heavy atom. The van der Waals surface area contributed by atoms with Crippen molar-refractivity contribution in [3.05, 3.63) is 17.6 Å². The Morgan fingerprint density at radius 1 is 1.35 bits per heavy atom. The van der Waals surface area contributed by atoms with E-state index in [9.17, 15) is 9.59 Å². The molecule has 1 aliphatic carbocycles. The molecule has 9 heteroatoms. The van der Waals surface area contributed by atoms with Gasteiger partial charge in [-0.15, -0.1) is 5.10 Å². The molecular weight excluding hydrogens is 298 g/mol. The van der Waals surface area contributed by atoms with Crippen LogP contribution in [0.5, 0.6) is 0 Å². The Kier molecular flexibility index (Phi) is 4.09. The Hall–Kier alpha value is -2.71. The first kappa shape index (κ1) is 15.2. The van der Waals surface area contributed by atoms with Crippen molar-refractivity contribution >= 4 is 23.3 Å². The summed E-state index contributed by atoms with van der Waals surface area (Å²) >= 11 is 0. The van der Waals surface area contributed by atoms with Crippen molar-refractivity contribution in [1.29, 1.82) is 0 Å². The monoisotopic (exact) mass is 317 g/mol. The third-order valence-electron chi connectivity index (χ3n) is 3.96. The van der Waals surface area contributed by atoms with Crippen molar-refractivity contribution < 1.29 is 9.59 Å². The van der Waals surface area contributed by atoms with Gasteiger partial charge in [0.2, 0.25) is 11.8 Å². The summed E-state index contributed by atoms with van der Waals surface area (Å²) in [5, 5.41) is 20.1. The molecule has 0 radical (unpaired) electrons. The number of hydrogen-bond donors (Lipinski definition) is 3. The minimum atomic E-state index is -0.237. The minimum absolute atomic E-state index is 0.0103. The van der Waals surface area contributed by atoms with Gasteiger partial charge in [0.1, 0.15) is 6.54 Å². The van der Waals surface area contributed by atoms with E-state index in [1.54, 1.807) is 6.20 Å². The number of amides is 2. The second-order valence-electron chi connectivity index (χ2n) is 5.78. The predicted molar refractivity (Wildman–Crippen MR) is 82.7 cm³/mol. The summed E-state index contributed by atoms with van der Waals surface area (Å²) in [6.45, 7) is 3.65. The number of nitrogens with one attached hydrogen (secondary N) is 3. The third kappa shape index (κ3) is 3.38. The minimum Gasteiger partial charge on any atom is -0.321 e. The van der Waals surface area contributed by atoms with Gasteiger partial charge in [-0.25, -0.2) is 4.68 Å². The lowest BCUT2D eigenvalue weighted by molar-refractivity contribution is -0.122. The van der Waals surface area contributed by atoms with E-state index >= 15 is 0 Å². The normalized spacial score (nSPS) is 14.3. The van der Waals surface area contributed by atoms with Crippen molar-refractivity contribution in [2.75, 3.05) is 10.6 Å². The molecule has 0 spiro atoms. The van der Waals surface area contributed by atoms with Crippen LogP contribution in [0.2, 0.25) is 0 Å². The molecule has 9 nitrogen and oxygen atoms in total. The van der Waals surface area contributed by atoms with Gasteiger partial charge in [-0.1, -0.05) is 11.6 Å². The number of anilines is 2. The van der Waals surface area contributed by atoms with Crippen LogP contribution in [0.4, 0.5) is 11.5 Å².